The minimum atomic E-state index is -1.35. The van der Waals surface area contributed by atoms with Crippen LogP contribution in [0.5, 0.6) is 0 Å². The minimum absolute atomic E-state index is 1.35. The molecule has 0 N–H and O–H groups in total. The molecule has 1 aromatic carbocycles. The fourth-order valence-corrected chi connectivity index (χ4v) is 3.11. The Labute approximate surface area is 65.7 Å². The molecule has 0 fully saturated rings. The normalized spacial score (nSPS) is 11.5. The number of hydrogen-bond acceptors (Lipinski definition) is 0. The van der Waals surface area contributed by atoms with Gasteiger partial charge in [0.2, 0.25) is 0 Å². The molecular weight excluding hydrogens is 183 g/mol. The van der Waals surface area contributed by atoms with Crippen LogP contribution < -0.4 is 4.35 Å². The van der Waals surface area contributed by atoms with Gasteiger partial charge in [0.25, 0.3) is 0 Å². The Balaban J connectivity index is 2.97. The Morgan fingerprint density at radius 1 is 0.900 bits per heavy atom. The molecule has 0 unspecified atom stereocenters. The molecule has 1 radical (unpaired) electrons. The third-order valence-electron chi connectivity index (χ3n) is 1.53. The molecule has 10 heavy (non-hydrogen) atoms. The van der Waals surface area contributed by atoms with E-state index in [1.165, 1.54) is 0 Å². The zero-order chi connectivity index (χ0) is 7.61. The quantitative estimate of drug-likeness (QED) is 0.605. The Bertz CT molecular complexity index is 196. The summed E-state index contributed by atoms with van der Waals surface area (Å²) in [5, 5.41) is 0. The second-order valence-electron chi connectivity index (χ2n) is 3.35. The van der Waals surface area contributed by atoms with Gasteiger partial charge in [-0.2, -0.15) is 0 Å². The van der Waals surface area contributed by atoms with Gasteiger partial charge in [-0.15, -0.1) is 0 Å². The first-order valence-electron chi connectivity index (χ1n) is 3.48. The molecule has 1 heteroatoms. The van der Waals surface area contributed by atoms with Gasteiger partial charge in [-0.3, -0.25) is 0 Å². The van der Waals surface area contributed by atoms with E-state index >= 15 is 0 Å². The monoisotopic (exact) mass is 197 g/mol. The topological polar surface area (TPSA) is 0 Å². The summed E-state index contributed by atoms with van der Waals surface area (Å²) >= 11 is -1.35. The first-order valence-corrected chi connectivity index (χ1v) is 10.0. The van der Waals surface area contributed by atoms with Gasteiger partial charge < -0.3 is 0 Å². The molecule has 0 saturated heterocycles. The molecule has 0 aliphatic heterocycles. The van der Waals surface area contributed by atoms with E-state index in [9.17, 15) is 0 Å². The van der Waals surface area contributed by atoms with Crippen LogP contribution in [0.3, 0.4) is 0 Å². The summed E-state index contributed by atoms with van der Waals surface area (Å²) in [5.74, 6) is 0. The molecule has 0 nitrogen and oxygen atoms in total. The van der Waals surface area contributed by atoms with Crippen LogP contribution in [0.2, 0.25) is 17.1 Å². The van der Waals surface area contributed by atoms with E-state index in [1.54, 1.807) is 4.35 Å². The number of rotatable bonds is 1. The third-order valence-corrected chi connectivity index (χ3v) is 5.41. The van der Waals surface area contributed by atoms with Crippen molar-refractivity contribution in [1.29, 1.82) is 0 Å². The average Bonchev–Trinajstić information content (AvgIpc) is 1.88. The number of benzene rings is 1. The maximum atomic E-state index is 2.40. The second kappa shape index (κ2) is 2.80. The molecule has 0 atom stereocenters. The van der Waals surface area contributed by atoms with Gasteiger partial charge in [-0.05, 0) is 0 Å². The molecular formula is C9H14As. The van der Waals surface area contributed by atoms with Gasteiger partial charge in [0.1, 0.15) is 0 Å². The first kappa shape index (κ1) is 7.88. The summed E-state index contributed by atoms with van der Waals surface area (Å²) in [6.45, 7) is 0. The molecule has 0 spiro atoms. The molecule has 1 aromatic rings. The van der Waals surface area contributed by atoms with E-state index in [4.69, 9.17) is 0 Å². The van der Waals surface area contributed by atoms with Gasteiger partial charge in [0.15, 0.2) is 0 Å². The van der Waals surface area contributed by atoms with Crippen LogP contribution in [0.1, 0.15) is 0 Å². The third kappa shape index (κ3) is 1.88. The molecule has 0 aliphatic rings. The Morgan fingerprint density at radius 3 is 1.70 bits per heavy atom. The molecule has 0 saturated carbocycles. The summed E-state index contributed by atoms with van der Waals surface area (Å²) in [6, 6.07) is 10.8. The van der Waals surface area contributed by atoms with Crippen LogP contribution in [-0.2, 0) is 0 Å². The van der Waals surface area contributed by atoms with E-state index in [1.807, 2.05) is 0 Å². The van der Waals surface area contributed by atoms with Gasteiger partial charge in [-0.1, -0.05) is 0 Å². The van der Waals surface area contributed by atoms with E-state index in [2.05, 4.69) is 47.5 Å². The molecule has 0 amide bonds. The van der Waals surface area contributed by atoms with E-state index < -0.39 is 13.6 Å². The molecule has 0 bridgehead atoms. The fourth-order valence-electron chi connectivity index (χ4n) is 0.875. The summed E-state index contributed by atoms with van der Waals surface area (Å²) in [4.78, 5) is 0. The fraction of sp³-hybridized carbons (Fsp3) is 0.333. The van der Waals surface area contributed by atoms with E-state index in [-0.39, 0.29) is 0 Å². The van der Waals surface area contributed by atoms with Crippen LogP contribution in [0.25, 0.3) is 0 Å². The van der Waals surface area contributed by atoms with Crippen LogP contribution in [0, 0.1) is 0 Å². The zero-order valence-electron chi connectivity index (χ0n) is 6.83. The summed E-state index contributed by atoms with van der Waals surface area (Å²) in [5.41, 5.74) is 7.19. The SMILES string of the molecule is C[As](C)(C)c1ccccc1. The van der Waals surface area contributed by atoms with Crippen molar-refractivity contribution < 1.29 is 0 Å². The number of hydrogen-bond donors (Lipinski definition) is 0. The second-order valence-corrected chi connectivity index (χ2v) is 12.9. The first-order chi connectivity index (χ1) is 4.61. The van der Waals surface area contributed by atoms with Crippen LogP contribution >= 0.6 is 0 Å². The molecule has 0 aromatic heterocycles. The molecule has 1 rings (SSSR count). The van der Waals surface area contributed by atoms with Gasteiger partial charge >= 0.3 is 65.4 Å². The van der Waals surface area contributed by atoms with Gasteiger partial charge in [0, 0.05) is 0 Å². The molecule has 0 aliphatic carbocycles. The summed E-state index contributed by atoms with van der Waals surface area (Å²) in [7, 11) is 0. The molecule has 55 valence electrons. The standard InChI is InChI=1S/C9H14As/c1-10(2,3)9-7-5-4-6-8-9/h4-8H,1-3H3. The van der Waals surface area contributed by atoms with Crippen molar-refractivity contribution in [3.8, 4) is 0 Å². The summed E-state index contributed by atoms with van der Waals surface area (Å²) in [6.07, 6.45) is 0. The Kier molecular flexibility index (Phi) is 2.20. The average molecular weight is 197 g/mol. The van der Waals surface area contributed by atoms with Crippen LogP contribution in [-0.4, -0.2) is 13.6 Å². The van der Waals surface area contributed by atoms with Crippen molar-refractivity contribution in [2.45, 2.75) is 17.1 Å². The van der Waals surface area contributed by atoms with Crippen LogP contribution in [0.4, 0.5) is 0 Å². The van der Waals surface area contributed by atoms with E-state index in [0.29, 0.717) is 0 Å². The van der Waals surface area contributed by atoms with Crippen molar-refractivity contribution in [1.82, 2.24) is 0 Å². The zero-order valence-corrected chi connectivity index (χ0v) is 8.71. The van der Waals surface area contributed by atoms with Gasteiger partial charge in [-0.25, -0.2) is 0 Å². The van der Waals surface area contributed by atoms with Crippen LogP contribution in [0.15, 0.2) is 30.3 Å². The van der Waals surface area contributed by atoms with Crippen molar-refractivity contribution in [2.75, 3.05) is 0 Å². The molecule has 0 heterocycles. The van der Waals surface area contributed by atoms with E-state index in [0.717, 1.165) is 0 Å². The van der Waals surface area contributed by atoms with Gasteiger partial charge in [0.05, 0.1) is 0 Å². The van der Waals surface area contributed by atoms with Crippen molar-refractivity contribution >= 4 is 17.9 Å². The van der Waals surface area contributed by atoms with Crippen molar-refractivity contribution in [3.05, 3.63) is 30.3 Å². The maximum absolute atomic E-state index is 2.40. The Morgan fingerprint density at radius 2 is 1.40 bits per heavy atom. The predicted octanol–water partition coefficient (Wildman–Crippen LogP) is 2.23. The predicted molar refractivity (Wildman–Crippen MR) is 49.4 cm³/mol. The van der Waals surface area contributed by atoms with Crippen molar-refractivity contribution in [3.63, 3.8) is 0 Å². The summed E-state index contributed by atoms with van der Waals surface area (Å²) < 4.78 is 1.57. The van der Waals surface area contributed by atoms with Crippen molar-refractivity contribution in [2.24, 2.45) is 0 Å². The Hall–Kier alpha value is -0.222.